The molecule has 1 aliphatic rings. The SMILES string of the molecule is CCCO[C@H](C[C@H](C(C)C)N(C)C(=O)[C@@H](NC(=O)[C@H]1CCCCN1C)C(C)CC)c1nc(C(=O)N/C(=C/c2ccccc2)C[C@H](C)C(=O)NCCSSc2ccccn2)cs1. The highest BCUT2D eigenvalue weighted by molar-refractivity contribution is 8.76. The Labute approximate surface area is 375 Å². The number of nitrogens with one attached hydrogen (secondary N) is 3. The summed E-state index contributed by atoms with van der Waals surface area (Å²) < 4.78 is 6.42. The first-order valence-corrected chi connectivity index (χ1v) is 24.9. The Hall–Kier alpha value is -3.76. The average molecular weight is 894 g/mol. The lowest BCUT2D eigenvalue weighted by Gasteiger charge is -2.38. The number of benzene rings is 1. The number of piperidine rings is 1. The molecule has 1 aliphatic heterocycles. The predicted octanol–water partition coefficient (Wildman–Crippen LogP) is 8.25. The second-order valence-electron chi connectivity index (χ2n) is 16.3. The number of pyridine rings is 1. The van der Waals surface area contributed by atoms with Gasteiger partial charge in [0.1, 0.15) is 27.9 Å². The monoisotopic (exact) mass is 893 g/mol. The summed E-state index contributed by atoms with van der Waals surface area (Å²) in [6, 6.07) is 14.3. The van der Waals surface area contributed by atoms with Gasteiger partial charge in [0.15, 0.2) is 0 Å². The van der Waals surface area contributed by atoms with Gasteiger partial charge in [0.25, 0.3) is 5.91 Å². The molecule has 1 unspecified atom stereocenters. The number of thiazole rings is 1. The van der Waals surface area contributed by atoms with E-state index in [1.54, 1.807) is 38.1 Å². The summed E-state index contributed by atoms with van der Waals surface area (Å²) in [6.07, 6.45) is 8.34. The minimum absolute atomic E-state index is 0.0580. The minimum atomic E-state index is -0.656. The van der Waals surface area contributed by atoms with Gasteiger partial charge in [-0.2, -0.15) is 0 Å². The summed E-state index contributed by atoms with van der Waals surface area (Å²) in [6.45, 7) is 14.0. The van der Waals surface area contributed by atoms with Crippen molar-refractivity contribution in [3.05, 3.63) is 82.1 Å². The lowest BCUT2D eigenvalue weighted by atomic mass is 9.92. The molecule has 3 N–H and O–H groups in total. The topological polar surface area (TPSA) is 146 Å². The largest absolute Gasteiger partial charge is 0.371 e. The fraction of sp³-hybridized carbons (Fsp3) is 0.565. The molecule has 0 bridgehead atoms. The number of nitrogens with zero attached hydrogens (tertiary/aromatic N) is 4. The van der Waals surface area contributed by atoms with E-state index >= 15 is 0 Å². The summed E-state index contributed by atoms with van der Waals surface area (Å²) in [4.78, 5) is 67.9. The van der Waals surface area contributed by atoms with E-state index in [0.717, 1.165) is 55.0 Å². The molecule has 4 amide bonds. The third kappa shape index (κ3) is 15.8. The number of carbonyl (C=O) groups excluding carboxylic acids is 4. The molecule has 3 heterocycles. The first-order valence-electron chi connectivity index (χ1n) is 21.7. The number of carbonyl (C=O) groups is 4. The van der Waals surface area contributed by atoms with Crippen LogP contribution in [-0.4, -0.2) is 101 Å². The highest BCUT2D eigenvalue weighted by Gasteiger charge is 2.37. The van der Waals surface area contributed by atoms with Gasteiger partial charge in [-0.1, -0.05) is 102 Å². The van der Waals surface area contributed by atoms with Crippen LogP contribution in [-0.2, 0) is 19.1 Å². The van der Waals surface area contributed by atoms with Crippen molar-refractivity contribution in [2.45, 2.75) is 116 Å². The zero-order valence-electron chi connectivity index (χ0n) is 37.2. The van der Waals surface area contributed by atoms with Crippen molar-refractivity contribution in [2.75, 3.05) is 39.5 Å². The van der Waals surface area contributed by atoms with Gasteiger partial charge in [-0.25, -0.2) is 9.97 Å². The summed E-state index contributed by atoms with van der Waals surface area (Å²) in [5, 5.41) is 12.6. The van der Waals surface area contributed by atoms with Crippen LogP contribution in [0.15, 0.2) is 70.8 Å². The number of hydrogen-bond donors (Lipinski definition) is 3. The second-order valence-corrected chi connectivity index (χ2v) is 19.6. The number of allylic oxidation sites excluding steroid dienone is 1. The van der Waals surface area contributed by atoms with Crippen LogP contribution in [0, 0.1) is 17.8 Å². The van der Waals surface area contributed by atoms with Crippen molar-refractivity contribution in [3.63, 3.8) is 0 Å². The van der Waals surface area contributed by atoms with Crippen molar-refractivity contribution in [2.24, 2.45) is 17.8 Å². The maximum atomic E-state index is 14.4. The lowest BCUT2D eigenvalue weighted by molar-refractivity contribution is -0.141. The van der Waals surface area contributed by atoms with Crippen LogP contribution < -0.4 is 16.0 Å². The van der Waals surface area contributed by atoms with E-state index in [0.29, 0.717) is 36.7 Å². The van der Waals surface area contributed by atoms with Crippen LogP contribution in [0.25, 0.3) is 6.08 Å². The molecule has 1 saturated heterocycles. The van der Waals surface area contributed by atoms with Crippen molar-refractivity contribution < 1.29 is 23.9 Å². The van der Waals surface area contributed by atoms with Crippen LogP contribution in [0.4, 0.5) is 0 Å². The molecule has 6 atom stereocenters. The molecule has 4 rings (SSSR count). The first kappa shape index (κ1) is 49.9. The predicted molar refractivity (Wildman–Crippen MR) is 250 cm³/mol. The molecule has 334 valence electrons. The van der Waals surface area contributed by atoms with Crippen LogP contribution in [0.1, 0.15) is 114 Å². The fourth-order valence-corrected chi connectivity index (χ4v) is 9.92. The molecule has 2 aromatic heterocycles. The highest BCUT2D eigenvalue weighted by atomic mass is 33.1. The molecular formula is C46H67N7O5S3. The molecule has 0 spiro atoms. The standard InChI is InChI=1S/C46H67N7O5S3/c1-9-25-58-39(29-38(31(3)4)53(8)46(57)41(32(5)10-2)51-44(56)37-20-15-17-24-52(37)7)45-50-36(30-59-45)43(55)49-35(28-34-18-12-11-13-19-34)27-33(6)42(54)48-23-26-60-61-40-21-14-16-22-47-40/h11-14,16,18-19,21-22,28,30-33,37-39,41H,9-10,15,17,20,23-27,29H2,1-8H3,(H,48,54)(H,49,55)(H,51,56)/b35-28+/t32?,33-,37+,38+,39+,41-/m0/s1. The van der Waals surface area contributed by atoms with Crippen LogP contribution >= 0.6 is 32.9 Å². The molecule has 15 heteroatoms. The highest BCUT2D eigenvalue weighted by Crippen LogP contribution is 2.32. The van der Waals surface area contributed by atoms with Gasteiger partial charge in [-0.05, 0) is 85.7 Å². The van der Waals surface area contributed by atoms with E-state index in [2.05, 4.69) is 39.7 Å². The Balaban J connectivity index is 1.45. The van der Waals surface area contributed by atoms with Crippen LogP contribution in [0.2, 0.25) is 0 Å². The molecule has 1 aromatic carbocycles. The van der Waals surface area contributed by atoms with Crippen molar-refractivity contribution >= 4 is 62.6 Å². The van der Waals surface area contributed by atoms with Gasteiger partial charge >= 0.3 is 0 Å². The zero-order chi connectivity index (χ0) is 44.3. The third-order valence-electron chi connectivity index (χ3n) is 11.1. The Bertz CT molecular complexity index is 1850. The number of hydrogen-bond acceptors (Lipinski definition) is 11. The smallest absolute Gasteiger partial charge is 0.274 e. The maximum Gasteiger partial charge on any atom is 0.274 e. The van der Waals surface area contributed by atoms with Gasteiger partial charge < -0.3 is 25.6 Å². The van der Waals surface area contributed by atoms with Crippen molar-refractivity contribution in [1.82, 2.24) is 35.7 Å². The van der Waals surface area contributed by atoms with Crippen LogP contribution in [0.5, 0.6) is 0 Å². The van der Waals surface area contributed by atoms with E-state index < -0.39 is 18.1 Å². The minimum Gasteiger partial charge on any atom is -0.371 e. The number of aromatic nitrogens is 2. The molecule has 0 radical (unpaired) electrons. The lowest BCUT2D eigenvalue weighted by Crippen LogP contribution is -2.58. The maximum absolute atomic E-state index is 14.4. The van der Waals surface area contributed by atoms with E-state index in [1.807, 2.05) is 96.4 Å². The number of likely N-dealkylation sites (N-methyl/N-ethyl adjacent to an activating group) is 2. The van der Waals surface area contributed by atoms with E-state index in [9.17, 15) is 19.2 Å². The van der Waals surface area contributed by atoms with E-state index in [1.165, 1.54) is 11.3 Å². The molecule has 12 nitrogen and oxygen atoms in total. The normalized spacial score (nSPS) is 17.2. The molecular weight excluding hydrogens is 827 g/mol. The zero-order valence-corrected chi connectivity index (χ0v) is 39.7. The summed E-state index contributed by atoms with van der Waals surface area (Å²) in [5.41, 5.74) is 1.75. The molecule has 0 saturated carbocycles. The number of rotatable bonds is 24. The first-order chi connectivity index (χ1) is 29.3. The van der Waals surface area contributed by atoms with Gasteiger partial charge in [0.05, 0.1) is 6.04 Å². The average Bonchev–Trinajstić information content (AvgIpc) is 3.76. The van der Waals surface area contributed by atoms with Gasteiger partial charge in [-0.15, -0.1) is 11.3 Å². The van der Waals surface area contributed by atoms with Gasteiger partial charge in [0, 0.05) is 61.6 Å². The second kappa shape index (κ2) is 26.0. The van der Waals surface area contributed by atoms with E-state index in [-0.39, 0.29) is 53.2 Å². The number of amides is 4. The Kier molecular flexibility index (Phi) is 21.3. The molecule has 1 fully saturated rings. The Morgan fingerprint density at radius 3 is 2.48 bits per heavy atom. The quantitative estimate of drug-likeness (QED) is 0.0594. The number of likely N-dealkylation sites (tertiary alicyclic amines) is 1. The fourth-order valence-electron chi connectivity index (χ4n) is 7.28. The van der Waals surface area contributed by atoms with Gasteiger partial charge in [-0.3, -0.25) is 24.1 Å². The van der Waals surface area contributed by atoms with Crippen molar-refractivity contribution in [3.8, 4) is 0 Å². The Morgan fingerprint density at radius 2 is 1.80 bits per heavy atom. The summed E-state index contributed by atoms with van der Waals surface area (Å²) in [7, 11) is 7.00. The molecule has 61 heavy (non-hydrogen) atoms. The summed E-state index contributed by atoms with van der Waals surface area (Å²) in [5.74, 6) is -0.358. The number of ether oxygens (including phenoxy) is 1. The van der Waals surface area contributed by atoms with Gasteiger partial charge in [0.2, 0.25) is 17.7 Å². The Morgan fingerprint density at radius 1 is 1.05 bits per heavy atom. The van der Waals surface area contributed by atoms with Crippen molar-refractivity contribution in [1.29, 1.82) is 0 Å². The van der Waals surface area contributed by atoms with Crippen LogP contribution in [0.3, 0.4) is 0 Å². The summed E-state index contributed by atoms with van der Waals surface area (Å²) >= 11 is 1.36. The van der Waals surface area contributed by atoms with E-state index in [4.69, 9.17) is 9.72 Å². The third-order valence-corrected chi connectivity index (χ3v) is 14.3. The molecule has 0 aliphatic carbocycles. The molecule has 3 aromatic rings.